The fraction of sp³-hybridized carbons (Fsp3) is 0.923. The van der Waals surface area contributed by atoms with Gasteiger partial charge in [-0.2, -0.15) is 0 Å². The zero-order valence-corrected chi connectivity index (χ0v) is 10.4. The highest BCUT2D eigenvalue weighted by Gasteiger charge is 2.67. The fourth-order valence-electron chi connectivity index (χ4n) is 3.53. The lowest BCUT2D eigenvalue weighted by Gasteiger charge is -2.57. The molecule has 92 valence electrons. The van der Waals surface area contributed by atoms with Gasteiger partial charge in [-0.1, -0.05) is 33.6 Å². The molecule has 2 rings (SSSR count). The molecule has 2 N–H and O–H groups in total. The summed E-state index contributed by atoms with van der Waals surface area (Å²) in [5, 5.41) is 21.0. The quantitative estimate of drug-likeness (QED) is 0.715. The Morgan fingerprint density at radius 2 is 1.94 bits per heavy atom. The van der Waals surface area contributed by atoms with E-state index in [0.717, 1.165) is 12.8 Å². The van der Waals surface area contributed by atoms with Crippen LogP contribution in [0, 0.1) is 11.3 Å². The van der Waals surface area contributed by atoms with E-state index in [1.807, 2.05) is 13.8 Å². The predicted molar refractivity (Wildman–Crippen MR) is 60.9 cm³/mol. The van der Waals surface area contributed by atoms with Crippen molar-refractivity contribution in [3.63, 3.8) is 0 Å². The Morgan fingerprint density at radius 1 is 1.31 bits per heavy atom. The molecule has 0 aliphatic heterocycles. The van der Waals surface area contributed by atoms with Gasteiger partial charge in [0.2, 0.25) is 0 Å². The van der Waals surface area contributed by atoms with Gasteiger partial charge < -0.3 is 10.2 Å². The third kappa shape index (κ3) is 1.45. The summed E-state index contributed by atoms with van der Waals surface area (Å²) in [5.41, 5.74) is -3.13. The van der Waals surface area contributed by atoms with Crippen LogP contribution in [0.25, 0.3) is 0 Å². The Hall–Kier alpha value is -0.410. The maximum absolute atomic E-state index is 12.0. The van der Waals surface area contributed by atoms with Crippen LogP contribution in [0.5, 0.6) is 0 Å². The molecule has 0 aromatic carbocycles. The van der Waals surface area contributed by atoms with E-state index in [1.165, 1.54) is 0 Å². The molecule has 3 nitrogen and oxygen atoms in total. The van der Waals surface area contributed by atoms with Crippen molar-refractivity contribution in [2.75, 3.05) is 0 Å². The molecule has 2 saturated carbocycles. The maximum Gasteiger partial charge on any atom is 0.173 e. The lowest BCUT2D eigenvalue weighted by atomic mass is 9.51. The van der Waals surface area contributed by atoms with Gasteiger partial charge >= 0.3 is 0 Å². The SMILES string of the molecule is C[C@@H]1CCC[C@](O)(C2(O)CC(C)(C)C2=O)C1. The standard InChI is InChI=1S/C13H22O3/c1-9-5-4-6-12(15,7-9)13(16)8-11(2,3)10(13)14/h9,15-16H,4-8H2,1-3H3/t9-,12-,13?/m1/s1. The number of aliphatic hydroxyl groups is 2. The van der Waals surface area contributed by atoms with Crippen molar-refractivity contribution in [3.05, 3.63) is 0 Å². The summed E-state index contributed by atoms with van der Waals surface area (Å²) in [5.74, 6) is 0.205. The van der Waals surface area contributed by atoms with Crippen molar-refractivity contribution in [2.45, 2.75) is 64.1 Å². The number of carbonyl (C=O) groups excluding carboxylic acids is 1. The molecular formula is C13H22O3. The molecule has 0 aromatic heterocycles. The molecule has 0 spiro atoms. The Balaban J connectivity index is 2.21. The predicted octanol–water partition coefficient (Wildman–Crippen LogP) is 1.66. The van der Waals surface area contributed by atoms with Crippen molar-refractivity contribution >= 4 is 5.78 Å². The van der Waals surface area contributed by atoms with E-state index >= 15 is 0 Å². The third-order valence-electron chi connectivity index (χ3n) is 4.43. The number of ketones is 1. The molecule has 0 amide bonds. The molecule has 1 unspecified atom stereocenters. The first-order valence-corrected chi connectivity index (χ1v) is 6.21. The second-order valence-electron chi connectivity index (χ2n) is 6.48. The number of Topliss-reactive ketones (excluding diaryl/α,β-unsaturated/α-hetero) is 1. The van der Waals surface area contributed by atoms with Gasteiger partial charge in [-0.05, 0) is 25.2 Å². The maximum atomic E-state index is 12.0. The monoisotopic (exact) mass is 226 g/mol. The van der Waals surface area contributed by atoms with Crippen molar-refractivity contribution in [3.8, 4) is 0 Å². The van der Waals surface area contributed by atoms with E-state index in [2.05, 4.69) is 6.92 Å². The first-order valence-electron chi connectivity index (χ1n) is 6.21. The van der Waals surface area contributed by atoms with Gasteiger partial charge in [0, 0.05) is 5.41 Å². The number of carbonyl (C=O) groups is 1. The van der Waals surface area contributed by atoms with Gasteiger partial charge in [-0.3, -0.25) is 4.79 Å². The molecule has 16 heavy (non-hydrogen) atoms. The minimum absolute atomic E-state index is 0.184. The lowest BCUT2D eigenvalue weighted by Crippen LogP contribution is -2.72. The van der Waals surface area contributed by atoms with Crippen LogP contribution in [0.3, 0.4) is 0 Å². The van der Waals surface area contributed by atoms with Crippen LogP contribution in [0.2, 0.25) is 0 Å². The highest BCUT2D eigenvalue weighted by Crippen LogP contribution is 2.54. The average Bonchev–Trinajstić information content (AvgIpc) is 2.16. The topological polar surface area (TPSA) is 57.5 Å². The molecule has 3 atom stereocenters. The zero-order valence-electron chi connectivity index (χ0n) is 10.4. The summed E-state index contributed by atoms with van der Waals surface area (Å²) in [6, 6.07) is 0. The molecule has 2 aliphatic rings. The highest BCUT2D eigenvalue weighted by molar-refractivity contribution is 5.99. The normalized spacial score (nSPS) is 47.6. The van der Waals surface area contributed by atoms with Crippen LogP contribution in [0.4, 0.5) is 0 Å². The van der Waals surface area contributed by atoms with Crippen LogP contribution >= 0.6 is 0 Å². The Bertz CT molecular complexity index is 323. The molecule has 0 radical (unpaired) electrons. The summed E-state index contributed by atoms with van der Waals surface area (Å²) in [6.07, 6.45) is 3.46. The molecular weight excluding hydrogens is 204 g/mol. The molecule has 3 heteroatoms. The van der Waals surface area contributed by atoms with Gasteiger partial charge in [0.25, 0.3) is 0 Å². The Labute approximate surface area is 96.9 Å². The van der Waals surface area contributed by atoms with Gasteiger partial charge in [0.05, 0.1) is 0 Å². The molecule has 0 heterocycles. The molecule has 0 bridgehead atoms. The Morgan fingerprint density at radius 3 is 2.38 bits per heavy atom. The summed E-state index contributed by atoms with van der Waals surface area (Å²) >= 11 is 0. The lowest BCUT2D eigenvalue weighted by molar-refractivity contribution is -0.227. The van der Waals surface area contributed by atoms with Crippen LogP contribution in [-0.2, 0) is 4.79 Å². The smallest absolute Gasteiger partial charge is 0.173 e. The van der Waals surface area contributed by atoms with Crippen molar-refractivity contribution < 1.29 is 15.0 Å². The highest BCUT2D eigenvalue weighted by atomic mass is 16.4. The second kappa shape index (κ2) is 3.30. The molecule has 0 aromatic rings. The van der Waals surface area contributed by atoms with Crippen molar-refractivity contribution in [2.24, 2.45) is 11.3 Å². The number of rotatable bonds is 1. The molecule has 2 fully saturated rings. The first kappa shape index (κ1) is 12.1. The van der Waals surface area contributed by atoms with Crippen molar-refractivity contribution in [1.82, 2.24) is 0 Å². The van der Waals surface area contributed by atoms with Gasteiger partial charge in [0.1, 0.15) is 5.60 Å². The Kier molecular flexibility index (Phi) is 2.48. The average molecular weight is 226 g/mol. The van der Waals surface area contributed by atoms with Crippen LogP contribution in [-0.4, -0.2) is 27.2 Å². The first-order chi connectivity index (χ1) is 7.21. The van der Waals surface area contributed by atoms with Gasteiger partial charge in [-0.15, -0.1) is 0 Å². The van der Waals surface area contributed by atoms with E-state index in [0.29, 0.717) is 25.2 Å². The van der Waals surface area contributed by atoms with Crippen LogP contribution in [0.15, 0.2) is 0 Å². The third-order valence-corrected chi connectivity index (χ3v) is 4.43. The minimum Gasteiger partial charge on any atom is -0.386 e. The van der Waals surface area contributed by atoms with Crippen LogP contribution < -0.4 is 0 Å². The number of hydrogen-bond donors (Lipinski definition) is 2. The van der Waals surface area contributed by atoms with Crippen molar-refractivity contribution in [1.29, 1.82) is 0 Å². The molecule has 2 aliphatic carbocycles. The minimum atomic E-state index is -1.48. The second-order valence-corrected chi connectivity index (χ2v) is 6.48. The molecule has 0 saturated heterocycles. The van der Waals surface area contributed by atoms with Gasteiger partial charge in [0.15, 0.2) is 11.4 Å². The zero-order chi connectivity index (χ0) is 12.2. The summed E-state index contributed by atoms with van der Waals surface area (Å²) in [4.78, 5) is 12.0. The fourth-order valence-corrected chi connectivity index (χ4v) is 3.53. The van der Waals surface area contributed by atoms with E-state index in [9.17, 15) is 15.0 Å². The number of hydrogen-bond acceptors (Lipinski definition) is 3. The van der Waals surface area contributed by atoms with E-state index in [-0.39, 0.29) is 5.78 Å². The van der Waals surface area contributed by atoms with Gasteiger partial charge in [-0.25, -0.2) is 0 Å². The van der Waals surface area contributed by atoms with E-state index in [1.54, 1.807) is 0 Å². The largest absolute Gasteiger partial charge is 0.386 e. The summed E-state index contributed by atoms with van der Waals surface area (Å²) < 4.78 is 0. The van der Waals surface area contributed by atoms with Crippen LogP contribution in [0.1, 0.15) is 52.9 Å². The summed E-state index contributed by atoms with van der Waals surface area (Å²) in [6.45, 7) is 5.74. The summed E-state index contributed by atoms with van der Waals surface area (Å²) in [7, 11) is 0. The van der Waals surface area contributed by atoms with E-state index < -0.39 is 16.6 Å². The van der Waals surface area contributed by atoms with E-state index in [4.69, 9.17) is 0 Å².